The normalized spacial score (nSPS) is 12.9. The Hall–Kier alpha value is -3.16. The first-order valence-electron chi connectivity index (χ1n) is 12.1. The smallest absolute Gasteiger partial charge is 0.0724 e. The molecule has 0 amide bonds. The Morgan fingerprint density at radius 2 is 0.848 bits per heavy atom. The molecule has 0 saturated heterocycles. The van der Waals surface area contributed by atoms with E-state index in [9.17, 15) is 0 Å². The molecule has 0 aliphatic carbocycles. The lowest BCUT2D eigenvalue weighted by atomic mass is 9.86. The molecule has 1 heteroatoms. The van der Waals surface area contributed by atoms with E-state index in [4.69, 9.17) is 4.74 Å². The van der Waals surface area contributed by atoms with Gasteiger partial charge in [-0.15, -0.1) is 0 Å². The summed E-state index contributed by atoms with van der Waals surface area (Å²) in [4.78, 5) is 0. The Morgan fingerprint density at radius 3 is 1.24 bits per heavy atom. The predicted molar refractivity (Wildman–Crippen MR) is 139 cm³/mol. The lowest BCUT2D eigenvalue weighted by molar-refractivity contribution is 0.106. The summed E-state index contributed by atoms with van der Waals surface area (Å²) >= 11 is 0. The number of hydrogen-bond acceptors (Lipinski definition) is 1. The van der Waals surface area contributed by atoms with Crippen molar-refractivity contribution in [1.82, 2.24) is 0 Å². The zero-order valence-corrected chi connectivity index (χ0v) is 19.8. The van der Waals surface area contributed by atoms with Gasteiger partial charge < -0.3 is 4.74 Å². The maximum atomic E-state index is 6.35. The van der Waals surface area contributed by atoms with Crippen molar-refractivity contribution in [1.29, 1.82) is 0 Å². The molecule has 0 aliphatic heterocycles. The van der Waals surface area contributed by atoms with Gasteiger partial charge >= 0.3 is 0 Å². The Balaban J connectivity index is 1.51. The molecule has 2 atom stereocenters. The predicted octanol–water partition coefficient (Wildman–Crippen LogP) is 8.49. The quantitative estimate of drug-likeness (QED) is 0.243. The third-order valence-electron chi connectivity index (χ3n) is 6.60. The average Bonchev–Trinajstić information content (AvgIpc) is 2.88. The molecule has 4 aromatic carbocycles. The molecule has 0 N–H and O–H groups in total. The van der Waals surface area contributed by atoms with Crippen molar-refractivity contribution < 1.29 is 4.74 Å². The molecule has 0 saturated carbocycles. The highest BCUT2D eigenvalue weighted by molar-refractivity contribution is 5.39. The van der Waals surface area contributed by atoms with Crippen molar-refractivity contribution in [3.63, 3.8) is 0 Å². The van der Waals surface area contributed by atoms with E-state index in [1.54, 1.807) is 0 Å². The minimum absolute atomic E-state index is 0.390. The molecule has 0 bridgehead atoms. The number of benzene rings is 4. The molecule has 0 radical (unpaired) electrons. The molecule has 4 aromatic rings. The Kier molecular flexibility index (Phi) is 8.11. The van der Waals surface area contributed by atoms with Crippen LogP contribution in [-0.2, 0) is 18.0 Å². The van der Waals surface area contributed by atoms with Gasteiger partial charge in [-0.1, -0.05) is 123 Å². The van der Waals surface area contributed by atoms with E-state index >= 15 is 0 Å². The lowest BCUT2D eigenvalue weighted by Gasteiger charge is -2.21. The summed E-state index contributed by atoms with van der Waals surface area (Å²) in [6.07, 6.45) is 2.14. The molecule has 2 unspecified atom stereocenters. The molecule has 0 aliphatic rings. The van der Waals surface area contributed by atoms with Crippen molar-refractivity contribution in [3.8, 4) is 0 Å². The maximum absolute atomic E-state index is 6.35. The maximum Gasteiger partial charge on any atom is 0.0724 e. The summed E-state index contributed by atoms with van der Waals surface area (Å²) in [7, 11) is 0. The van der Waals surface area contributed by atoms with Gasteiger partial charge in [0.2, 0.25) is 0 Å². The van der Waals surface area contributed by atoms with Gasteiger partial charge in [-0.25, -0.2) is 0 Å². The minimum Gasteiger partial charge on any atom is -0.372 e. The van der Waals surface area contributed by atoms with E-state index in [1.165, 1.54) is 33.4 Å². The van der Waals surface area contributed by atoms with Gasteiger partial charge in [0.05, 0.1) is 13.2 Å². The Morgan fingerprint density at radius 1 is 0.485 bits per heavy atom. The van der Waals surface area contributed by atoms with Crippen LogP contribution >= 0.6 is 0 Å². The monoisotopic (exact) mass is 434 g/mol. The molecule has 168 valence electrons. The fraction of sp³-hybridized carbons (Fsp3) is 0.250. The number of rotatable bonds is 10. The first-order chi connectivity index (χ1) is 16.3. The molecule has 0 fully saturated rings. The summed E-state index contributed by atoms with van der Waals surface area (Å²) in [5.41, 5.74) is 8.03. The van der Waals surface area contributed by atoms with Gasteiger partial charge in [-0.2, -0.15) is 0 Å². The molecular weight excluding hydrogens is 400 g/mol. The Bertz CT molecular complexity index is 1030. The number of hydrogen-bond donors (Lipinski definition) is 0. The largest absolute Gasteiger partial charge is 0.372 e. The van der Waals surface area contributed by atoms with Crippen LogP contribution in [0.5, 0.6) is 0 Å². The molecular formula is C32H34O. The first-order valence-corrected chi connectivity index (χ1v) is 12.1. The van der Waals surface area contributed by atoms with Crippen molar-refractivity contribution in [2.75, 3.05) is 0 Å². The van der Waals surface area contributed by atoms with Crippen LogP contribution in [0, 0.1) is 0 Å². The fourth-order valence-electron chi connectivity index (χ4n) is 4.92. The summed E-state index contributed by atoms with van der Waals surface area (Å²) in [6.45, 7) is 5.77. The third-order valence-corrected chi connectivity index (χ3v) is 6.60. The van der Waals surface area contributed by atoms with E-state index in [0.29, 0.717) is 25.0 Å². The SMILES string of the molecule is CCC(c1ccccc1)c1ccccc1COCc1ccccc1C(CC)c1ccccc1. The van der Waals surface area contributed by atoms with Crippen LogP contribution in [0.15, 0.2) is 109 Å². The summed E-state index contributed by atoms with van der Waals surface area (Å²) in [5.74, 6) is 0.779. The summed E-state index contributed by atoms with van der Waals surface area (Å²) in [5, 5.41) is 0. The van der Waals surface area contributed by atoms with Crippen molar-refractivity contribution >= 4 is 0 Å². The molecule has 0 spiro atoms. The highest BCUT2D eigenvalue weighted by atomic mass is 16.5. The fourth-order valence-corrected chi connectivity index (χ4v) is 4.92. The highest BCUT2D eigenvalue weighted by Gasteiger charge is 2.17. The van der Waals surface area contributed by atoms with E-state index in [1.807, 2.05) is 0 Å². The van der Waals surface area contributed by atoms with Crippen LogP contribution in [0.3, 0.4) is 0 Å². The van der Waals surface area contributed by atoms with Gasteiger partial charge in [-0.05, 0) is 46.2 Å². The second-order valence-corrected chi connectivity index (χ2v) is 8.63. The van der Waals surface area contributed by atoms with Crippen molar-refractivity contribution in [2.24, 2.45) is 0 Å². The van der Waals surface area contributed by atoms with Crippen LogP contribution in [0.1, 0.15) is 71.9 Å². The van der Waals surface area contributed by atoms with E-state index in [2.05, 4.69) is 123 Å². The first kappa shape index (κ1) is 23.0. The number of ether oxygens (including phenoxy) is 1. The van der Waals surface area contributed by atoms with Gasteiger partial charge in [0, 0.05) is 11.8 Å². The molecule has 1 nitrogen and oxygen atoms in total. The van der Waals surface area contributed by atoms with Gasteiger partial charge in [0.25, 0.3) is 0 Å². The van der Waals surface area contributed by atoms with Crippen LogP contribution in [-0.4, -0.2) is 0 Å². The molecule has 4 rings (SSSR count). The van der Waals surface area contributed by atoms with Crippen LogP contribution in [0.2, 0.25) is 0 Å². The second-order valence-electron chi connectivity index (χ2n) is 8.63. The molecule has 33 heavy (non-hydrogen) atoms. The minimum atomic E-state index is 0.390. The Labute approximate surface area is 199 Å². The summed E-state index contributed by atoms with van der Waals surface area (Å²) in [6, 6.07) is 39.1. The van der Waals surface area contributed by atoms with Gasteiger partial charge in [0.15, 0.2) is 0 Å². The highest BCUT2D eigenvalue weighted by Crippen LogP contribution is 2.32. The van der Waals surface area contributed by atoms with Crippen molar-refractivity contribution in [3.05, 3.63) is 143 Å². The van der Waals surface area contributed by atoms with E-state index < -0.39 is 0 Å². The van der Waals surface area contributed by atoms with Crippen LogP contribution < -0.4 is 0 Å². The summed E-state index contributed by atoms with van der Waals surface area (Å²) < 4.78 is 6.35. The molecule has 0 aromatic heterocycles. The van der Waals surface area contributed by atoms with Crippen LogP contribution in [0.4, 0.5) is 0 Å². The van der Waals surface area contributed by atoms with Crippen LogP contribution in [0.25, 0.3) is 0 Å². The van der Waals surface area contributed by atoms with Gasteiger partial charge in [-0.3, -0.25) is 0 Å². The molecule has 0 heterocycles. The van der Waals surface area contributed by atoms with Gasteiger partial charge in [0.1, 0.15) is 0 Å². The zero-order valence-electron chi connectivity index (χ0n) is 19.8. The second kappa shape index (κ2) is 11.6. The standard InChI is InChI=1S/C32H34O/c1-3-29(25-15-7-5-8-16-25)31-21-13-11-19-27(31)23-33-24-28-20-12-14-22-32(28)30(4-2)26-17-9-6-10-18-26/h5-22,29-30H,3-4,23-24H2,1-2H3. The topological polar surface area (TPSA) is 9.23 Å². The van der Waals surface area contributed by atoms with E-state index in [0.717, 1.165) is 12.8 Å². The van der Waals surface area contributed by atoms with E-state index in [-0.39, 0.29) is 0 Å². The third kappa shape index (κ3) is 5.61. The average molecular weight is 435 g/mol. The zero-order chi connectivity index (χ0) is 22.9. The van der Waals surface area contributed by atoms with Crippen molar-refractivity contribution in [2.45, 2.75) is 51.7 Å². The lowest BCUT2D eigenvalue weighted by Crippen LogP contribution is -2.07.